The van der Waals surface area contributed by atoms with Crippen LogP contribution in [-0.2, 0) is 4.74 Å². The standard InChI is InChI=1S/C24H38N4O2Si/c1-6-31(7-2,8-3)14-13-20-15-22(19-9-11-21(29)12-10-19)28-23(20)16-25-24(27-28)26-18(4)17-30-5/h15-16,18-19,21,29H,6-12,17H2,1-5H3,(H,26,27). The predicted octanol–water partition coefficient (Wildman–Crippen LogP) is 4.59. The number of aliphatic hydroxyl groups excluding tert-OH is 1. The van der Waals surface area contributed by atoms with Crippen molar-refractivity contribution in [1.82, 2.24) is 14.6 Å². The van der Waals surface area contributed by atoms with Crippen molar-refractivity contribution in [3.8, 4) is 11.5 Å². The van der Waals surface area contributed by atoms with Crippen molar-refractivity contribution < 1.29 is 9.84 Å². The van der Waals surface area contributed by atoms with Gasteiger partial charge in [-0.1, -0.05) is 26.7 Å². The second-order valence-electron chi connectivity index (χ2n) is 8.96. The number of nitrogens with one attached hydrogen (secondary N) is 1. The van der Waals surface area contributed by atoms with Crippen LogP contribution in [0.25, 0.3) is 5.52 Å². The lowest BCUT2D eigenvalue weighted by atomic mass is 9.85. The highest BCUT2D eigenvalue weighted by Gasteiger charge is 2.26. The van der Waals surface area contributed by atoms with Crippen LogP contribution >= 0.6 is 0 Å². The molecule has 0 bridgehead atoms. The highest BCUT2D eigenvalue weighted by atomic mass is 28.3. The van der Waals surface area contributed by atoms with Crippen molar-refractivity contribution in [2.45, 2.75) is 89.6 Å². The van der Waals surface area contributed by atoms with E-state index in [2.05, 4.69) is 55.5 Å². The number of methoxy groups -OCH3 is 1. The zero-order valence-electron chi connectivity index (χ0n) is 19.7. The minimum Gasteiger partial charge on any atom is -0.393 e. The van der Waals surface area contributed by atoms with Gasteiger partial charge in [0.05, 0.1) is 30.0 Å². The predicted molar refractivity (Wildman–Crippen MR) is 129 cm³/mol. The molecule has 1 saturated carbocycles. The number of anilines is 1. The molecule has 0 radical (unpaired) electrons. The molecule has 170 valence electrons. The Morgan fingerprint density at radius 1 is 1.23 bits per heavy atom. The van der Waals surface area contributed by atoms with E-state index < -0.39 is 8.07 Å². The van der Waals surface area contributed by atoms with Gasteiger partial charge in [-0.15, -0.1) is 10.6 Å². The van der Waals surface area contributed by atoms with Gasteiger partial charge in [0.15, 0.2) is 0 Å². The lowest BCUT2D eigenvalue weighted by molar-refractivity contribution is 0.121. The summed E-state index contributed by atoms with van der Waals surface area (Å²) in [5, 5.41) is 18.1. The van der Waals surface area contributed by atoms with E-state index in [9.17, 15) is 5.11 Å². The maximum absolute atomic E-state index is 9.97. The molecular formula is C24H38N4O2Si. The molecule has 1 atom stereocenters. The molecule has 1 unspecified atom stereocenters. The van der Waals surface area contributed by atoms with Crippen LogP contribution in [0.2, 0.25) is 18.1 Å². The molecule has 2 N–H and O–H groups in total. The van der Waals surface area contributed by atoms with Crippen molar-refractivity contribution in [3.05, 3.63) is 23.5 Å². The van der Waals surface area contributed by atoms with Crippen LogP contribution in [0.5, 0.6) is 0 Å². The van der Waals surface area contributed by atoms with Gasteiger partial charge in [-0.05, 0) is 56.8 Å². The van der Waals surface area contributed by atoms with Crippen LogP contribution in [0.4, 0.5) is 5.95 Å². The highest BCUT2D eigenvalue weighted by Crippen LogP contribution is 2.34. The van der Waals surface area contributed by atoms with Gasteiger partial charge in [-0.2, -0.15) is 0 Å². The monoisotopic (exact) mass is 442 g/mol. The van der Waals surface area contributed by atoms with E-state index in [1.165, 1.54) is 23.8 Å². The lowest BCUT2D eigenvalue weighted by Crippen LogP contribution is -2.29. The van der Waals surface area contributed by atoms with Gasteiger partial charge < -0.3 is 15.2 Å². The molecule has 7 heteroatoms. The molecule has 0 aliphatic heterocycles. The van der Waals surface area contributed by atoms with Crippen LogP contribution in [0, 0.1) is 11.5 Å². The van der Waals surface area contributed by atoms with Crippen molar-refractivity contribution in [3.63, 3.8) is 0 Å². The fourth-order valence-electron chi connectivity index (χ4n) is 4.57. The van der Waals surface area contributed by atoms with Gasteiger partial charge in [0.2, 0.25) is 5.95 Å². The van der Waals surface area contributed by atoms with Gasteiger partial charge >= 0.3 is 0 Å². The second kappa shape index (κ2) is 10.6. The Labute approximate surface area is 187 Å². The van der Waals surface area contributed by atoms with Crippen LogP contribution in [0.3, 0.4) is 0 Å². The number of rotatable bonds is 8. The molecule has 1 fully saturated rings. The van der Waals surface area contributed by atoms with Gasteiger partial charge in [-0.3, -0.25) is 0 Å². The Morgan fingerprint density at radius 2 is 1.90 bits per heavy atom. The Bertz CT molecular complexity index is 913. The first kappa shape index (κ1) is 23.8. The minimum atomic E-state index is -1.54. The number of aliphatic hydroxyl groups is 1. The zero-order chi connectivity index (χ0) is 22.4. The second-order valence-corrected chi connectivity index (χ2v) is 13.9. The topological polar surface area (TPSA) is 71.7 Å². The van der Waals surface area contributed by atoms with E-state index >= 15 is 0 Å². The smallest absolute Gasteiger partial charge is 0.241 e. The molecule has 2 heterocycles. The van der Waals surface area contributed by atoms with Crippen molar-refractivity contribution in [2.24, 2.45) is 0 Å². The molecule has 1 aliphatic rings. The van der Waals surface area contributed by atoms with Crippen LogP contribution in [0.15, 0.2) is 12.3 Å². The minimum absolute atomic E-state index is 0.121. The SMILES string of the molecule is CC[Si](C#Cc1cc(C2CCC(O)CC2)n2nc(NC(C)COC)ncc12)(CC)CC. The molecule has 0 amide bonds. The third-order valence-electron chi connectivity index (χ3n) is 6.94. The van der Waals surface area contributed by atoms with E-state index in [-0.39, 0.29) is 12.1 Å². The number of hydrogen-bond donors (Lipinski definition) is 2. The summed E-state index contributed by atoms with van der Waals surface area (Å²) < 4.78 is 7.27. The van der Waals surface area contributed by atoms with E-state index in [0.717, 1.165) is 36.8 Å². The van der Waals surface area contributed by atoms with Crippen molar-refractivity contribution in [2.75, 3.05) is 19.0 Å². The van der Waals surface area contributed by atoms with Gasteiger partial charge in [-0.25, -0.2) is 9.50 Å². The number of hydrogen-bond acceptors (Lipinski definition) is 5. The fraction of sp³-hybridized carbons (Fsp3) is 0.667. The number of ether oxygens (including phenoxy) is 1. The summed E-state index contributed by atoms with van der Waals surface area (Å²) in [6.07, 6.45) is 5.37. The average Bonchev–Trinajstić information content (AvgIpc) is 3.14. The molecule has 31 heavy (non-hydrogen) atoms. The Balaban J connectivity index is 2.03. The molecule has 2 aromatic heterocycles. The van der Waals surface area contributed by atoms with Crippen LogP contribution in [0.1, 0.15) is 70.6 Å². The van der Waals surface area contributed by atoms with Crippen molar-refractivity contribution in [1.29, 1.82) is 0 Å². The summed E-state index contributed by atoms with van der Waals surface area (Å²) in [5.74, 6) is 4.54. The summed E-state index contributed by atoms with van der Waals surface area (Å²) in [5.41, 5.74) is 6.92. The fourth-order valence-corrected chi connectivity index (χ4v) is 7.00. The quantitative estimate of drug-likeness (QED) is 0.462. The molecule has 3 rings (SSSR count). The van der Waals surface area contributed by atoms with E-state index in [0.29, 0.717) is 18.5 Å². The first-order valence-corrected chi connectivity index (χ1v) is 14.4. The summed E-state index contributed by atoms with van der Waals surface area (Å²) >= 11 is 0. The summed E-state index contributed by atoms with van der Waals surface area (Å²) in [6, 6.07) is 5.91. The first-order valence-electron chi connectivity index (χ1n) is 11.8. The van der Waals surface area contributed by atoms with Crippen molar-refractivity contribution >= 4 is 19.5 Å². The number of fused-ring (bicyclic) bond motifs is 1. The average molecular weight is 443 g/mol. The summed E-state index contributed by atoms with van der Waals surface area (Å²) in [7, 11) is 0.156. The molecule has 2 aromatic rings. The zero-order valence-corrected chi connectivity index (χ0v) is 20.7. The maximum Gasteiger partial charge on any atom is 0.241 e. The van der Waals surface area contributed by atoms with Crippen LogP contribution < -0.4 is 5.32 Å². The van der Waals surface area contributed by atoms with Crippen LogP contribution in [-0.4, -0.2) is 53.6 Å². The largest absolute Gasteiger partial charge is 0.393 e. The maximum atomic E-state index is 9.97. The Hall–Kier alpha value is -1.88. The molecule has 1 aliphatic carbocycles. The van der Waals surface area contributed by atoms with Gasteiger partial charge in [0.25, 0.3) is 0 Å². The summed E-state index contributed by atoms with van der Waals surface area (Å²) in [4.78, 5) is 4.57. The van der Waals surface area contributed by atoms with E-state index in [4.69, 9.17) is 9.84 Å². The van der Waals surface area contributed by atoms with E-state index in [1.54, 1.807) is 7.11 Å². The number of nitrogens with zero attached hydrogens (tertiary/aromatic N) is 3. The Kier molecular flexibility index (Phi) is 8.15. The normalized spacial score (nSPS) is 20.3. The van der Waals surface area contributed by atoms with E-state index in [1.807, 2.05) is 10.7 Å². The lowest BCUT2D eigenvalue weighted by Gasteiger charge is -2.25. The first-order chi connectivity index (χ1) is 14.9. The number of aromatic nitrogens is 3. The van der Waals surface area contributed by atoms with Gasteiger partial charge in [0.1, 0.15) is 8.07 Å². The molecule has 0 saturated heterocycles. The molecule has 0 spiro atoms. The third-order valence-corrected chi connectivity index (χ3v) is 11.7. The molecular weight excluding hydrogens is 404 g/mol. The molecule has 0 aromatic carbocycles. The van der Waals surface area contributed by atoms with Gasteiger partial charge in [0, 0.05) is 24.8 Å². The third kappa shape index (κ3) is 5.49. The molecule has 6 nitrogen and oxygen atoms in total. The summed E-state index contributed by atoms with van der Waals surface area (Å²) in [6.45, 7) is 9.50. The Morgan fingerprint density at radius 3 is 2.52 bits per heavy atom. The highest BCUT2D eigenvalue weighted by molar-refractivity contribution is 6.87.